The van der Waals surface area contributed by atoms with Gasteiger partial charge in [0.15, 0.2) is 0 Å². The number of nitrogens with two attached hydrogens (primary N) is 1. The van der Waals surface area contributed by atoms with Crippen molar-refractivity contribution < 1.29 is 0 Å². The van der Waals surface area contributed by atoms with Gasteiger partial charge in [-0.3, -0.25) is 5.10 Å². The van der Waals surface area contributed by atoms with E-state index in [2.05, 4.69) is 32.0 Å². The van der Waals surface area contributed by atoms with Gasteiger partial charge in [0.05, 0.1) is 0 Å². The van der Waals surface area contributed by atoms with E-state index < -0.39 is 0 Å². The number of rotatable bonds is 3. The van der Waals surface area contributed by atoms with Gasteiger partial charge in [0.1, 0.15) is 12.2 Å². The van der Waals surface area contributed by atoms with Crippen molar-refractivity contribution in [3.8, 4) is 0 Å². The summed E-state index contributed by atoms with van der Waals surface area (Å²) in [5, 5.41) is 6.75. The van der Waals surface area contributed by atoms with Gasteiger partial charge < -0.3 is 10.3 Å². The van der Waals surface area contributed by atoms with Crippen molar-refractivity contribution in [1.82, 2.24) is 19.7 Å². The molecule has 3 rings (SSSR count). The van der Waals surface area contributed by atoms with E-state index in [1.165, 1.54) is 17.7 Å². The lowest BCUT2D eigenvalue weighted by Gasteiger charge is -2.20. The van der Waals surface area contributed by atoms with Gasteiger partial charge in [-0.25, -0.2) is 4.98 Å². The van der Waals surface area contributed by atoms with Gasteiger partial charge in [-0.2, -0.15) is 5.10 Å². The zero-order valence-corrected chi connectivity index (χ0v) is 9.76. The van der Waals surface area contributed by atoms with Crippen LogP contribution in [-0.4, -0.2) is 19.7 Å². The first-order valence-electron chi connectivity index (χ1n) is 6.12. The Bertz CT molecular complexity index is 485. The first-order chi connectivity index (χ1) is 8.34. The normalized spacial score (nSPS) is 19.2. The maximum absolute atomic E-state index is 6.11. The third kappa shape index (κ3) is 1.98. The van der Waals surface area contributed by atoms with Crippen LogP contribution in [0.4, 0.5) is 0 Å². The molecule has 3 N–H and O–H groups in total. The highest BCUT2D eigenvalue weighted by atomic mass is 15.2. The summed E-state index contributed by atoms with van der Waals surface area (Å²) in [5.41, 5.74) is 8.84. The van der Waals surface area contributed by atoms with Crippen LogP contribution in [0.1, 0.15) is 36.0 Å². The van der Waals surface area contributed by atoms with E-state index in [1.807, 2.05) is 0 Å². The summed E-state index contributed by atoms with van der Waals surface area (Å²) in [5.74, 6) is 0.938. The average molecular weight is 231 g/mol. The van der Waals surface area contributed by atoms with Crippen LogP contribution in [0, 0.1) is 0 Å². The van der Waals surface area contributed by atoms with E-state index in [1.54, 1.807) is 6.33 Å². The molecule has 0 aliphatic heterocycles. The quantitative estimate of drug-likeness (QED) is 0.833. The number of nitrogens with one attached hydrogen (secondary N) is 1. The molecule has 0 aromatic carbocycles. The highest BCUT2D eigenvalue weighted by molar-refractivity contribution is 5.28. The van der Waals surface area contributed by atoms with E-state index in [0.29, 0.717) is 0 Å². The summed E-state index contributed by atoms with van der Waals surface area (Å²) in [6, 6.07) is 2.39. The lowest BCUT2D eigenvalue weighted by atomic mass is 9.94. The van der Waals surface area contributed by atoms with Crippen LogP contribution in [0.3, 0.4) is 0 Å². The standard InChI is InChI=1S/C12H17N5/c13-10-2-1-3-11-9(10)4-6-17(11)7-5-12-14-8-15-16-12/h4,6,8,10H,1-3,5,7,13H2,(H,14,15,16). The molecular weight excluding hydrogens is 214 g/mol. The van der Waals surface area contributed by atoms with Gasteiger partial charge >= 0.3 is 0 Å². The summed E-state index contributed by atoms with van der Waals surface area (Å²) >= 11 is 0. The molecule has 1 unspecified atom stereocenters. The zero-order valence-electron chi connectivity index (χ0n) is 9.76. The first kappa shape index (κ1) is 10.5. The predicted octanol–water partition coefficient (Wildman–Crippen LogP) is 1.18. The van der Waals surface area contributed by atoms with Crippen molar-refractivity contribution >= 4 is 0 Å². The van der Waals surface area contributed by atoms with Gasteiger partial charge in [-0.15, -0.1) is 0 Å². The molecule has 1 aliphatic rings. The third-order valence-electron chi connectivity index (χ3n) is 3.50. The fraction of sp³-hybridized carbons (Fsp3) is 0.500. The Morgan fingerprint density at radius 2 is 2.47 bits per heavy atom. The van der Waals surface area contributed by atoms with E-state index >= 15 is 0 Å². The summed E-state index contributed by atoms with van der Waals surface area (Å²) in [6.07, 6.45) is 8.03. The van der Waals surface area contributed by atoms with Crippen molar-refractivity contribution in [2.75, 3.05) is 0 Å². The van der Waals surface area contributed by atoms with Crippen LogP contribution in [0.5, 0.6) is 0 Å². The molecule has 5 heteroatoms. The van der Waals surface area contributed by atoms with Crippen molar-refractivity contribution in [3.63, 3.8) is 0 Å². The Morgan fingerprint density at radius 3 is 3.29 bits per heavy atom. The molecule has 2 aromatic rings. The largest absolute Gasteiger partial charge is 0.351 e. The number of nitrogens with zero attached hydrogens (tertiary/aromatic N) is 3. The monoisotopic (exact) mass is 231 g/mol. The molecule has 90 valence electrons. The van der Waals surface area contributed by atoms with Gasteiger partial charge in [0, 0.05) is 30.9 Å². The lowest BCUT2D eigenvalue weighted by molar-refractivity contribution is 0.536. The van der Waals surface area contributed by atoms with Crippen LogP contribution in [0.25, 0.3) is 0 Å². The molecule has 0 fully saturated rings. The van der Waals surface area contributed by atoms with Crippen LogP contribution >= 0.6 is 0 Å². The fourth-order valence-electron chi connectivity index (χ4n) is 2.58. The second kappa shape index (κ2) is 4.33. The molecule has 0 saturated heterocycles. The minimum absolute atomic E-state index is 0.227. The predicted molar refractivity (Wildman–Crippen MR) is 64.4 cm³/mol. The number of H-pyrrole nitrogens is 1. The summed E-state index contributed by atoms with van der Waals surface area (Å²) in [7, 11) is 0. The zero-order chi connectivity index (χ0) is 11.7. The van der Waals surface area contributed by atoms with E-state index in [-0.39, 0.29) is 6.04 Å². The second-order valence-corrected chi connectivity index (χ2v) is 4.59. The third-order valence-corrected chi connectivity index (χ3v) is 3.50. The van der Waals surface area contributed by atoms with E-state index in [0.717, 1.165) is 31.6 Å². The Morgan fingerprint density at radius 1 is 1.53 bits per heavy atom. The minimum atomic E-state index is 0.227. The van der Waals surface area contributed by atoms with Crippen molar-refractivity contribution in [1.29, 1.82) is 0 Å². The smallest absolute Gasteiger partial charge is 0.137 e. The molecule has 5 nitrogen and oxygen atoms in total. The maximum atomic E-state index is 6.11. The molecule has 0 bridgehead atoms. The number of fused-ring (bicyclic) bond motifs is 1. The van der Waals surface area contributed by atoms with Crippen LogP contribution in [0.15, 0.2) is 18.6 Å². The Hall–Kier alpha value is -1.62. The highest BCUT2D eigenvalue weighted by Gasteiger charge is 2.19. The van der Waals surface area contributed by atoms with E-state index in [9.17, 15) is 0 Å². The van der Waals surface area contributed by atoms with Crippen molar-refractivity contribution in [2.45, 2.75) is 38.3 Å². The topological polar surface area (TPSA) is 72.5 Å². The first-order valence-corrected chi connectivity index (χ1v) is 6.12. The lowest BCUT2D eigenvalue weighted by Crippen LogP contribution is -2.18. The molecule has 0 spiro atoms. The highest BCUT2D eigenvalue weighted by Crippen LogP contribution is 2.28. The minimum Gasteiger partial charge on any atom is -0.351 e. The number of aromatic nitrogens is 4. The number of aryl methyl sites for hydroxylation is 2. The molecule has 2 aromatic heterocycles. The summed E-state index contributed by atoms with van der Waals surface area (Å²) in [6.45, 7) is 0.942. The molecule has 1 aliphatic carbocycles. The van der Waals surface area contributed by atoms with Crippen LogP contribution in [-0.2, 0) is 19.4 Å². The number of hydrogen-bond donors (Lipinski definition) is 2. The second-order valence-electron chi connectivity index (χ2n) is 4.59. The molecule has 17 heavy (non-hydrogen) atoms. The van der Waals surface area contributed by atoms with Gasteiger partial charge in [0.2, 0.25) is 0 Å². The van der Waals surface area contributed by atoms with Crippen LogP contribution in [0.2, 0.25) is 0 Å². The number of aromatic amines is 1. The average Bonchev–Trinajstić information content (AvgIpc) is 2.95. The van der Waals surface area contributed by atoms with Crippen molar-refractivity contribution in [3.05, 3.63) is 35.7 Å². The molecule has 0 saturated carbocycles. The van der Waals surface area contributed by atoms with Gasteiger partial charge in [-0.05, 0) is 30.9 Å². The van der Waals surface area contributed by atoms with Crippen molar-refractivity contribution in [2.24, 2.45) is 5.73 Å². The molecular formula is C12H17N5. The van der Waals surface area contributed by atoms with E-state index in [4.69, 9.17) is 5.73 Å². The molecule has 2 heterocycles. The number of hydrogen-bond acceptors (Lipinski definition) is 3. The van der Waals surface area contributed by atoms with Gasteiger partial charge in [0.25, 0.3) is 0 Å². The van der Waals surface area contributed by atoms with Crippen LogP contribution < -0.4 is 5.73 Å². The summed E-state index contributed by atoms with van der Waals surface area (Å²) in [4.78, 5) is 4.14. The Labute approximate surface area is 100 Å². The fourth-order valence-corrected chi connectivity index (χ4v) is 2.58. The van der Waals surface area contributed by atoms with Gasteiger partial charge in [-0.1, -0.05) is 0 Å². The SMILES string of the molecule is NC1CCCc2c1ccn2CCc1ncn[nH]1. The molecule has 1 atom stereocenters. The Kier molecular flexibility index (Phi) is 2.68. The Balaban J connectivity index is 1.75. The molecule has 0 amide bonds. The summed E-state index contributed by atoms with van der Waals surface area (Å²) < 4.78 is 2.30. The maximum Gasteiger partial charge on any atom is 0.137 e. The molecule has 0 radical (unpaired) electrons.